The van der Waals surface area contributed by atoms with E-state index in [-0.39, 0.29) is 42.6 Å². The molecule has 2 N–H and O–H groups in total. The highest BCUT2D eigenvalue weighted by molar-refractivity contribution is 5.97. The molecule has 1 fully saturated rings. The number of aryl methyl sites for hydroxylation is 1. The number of aromatic nitrogens is 6. The van der Waals surface area contributed by atoms with Crippen LogP contribution in [0.15, 0.2) is 40.4 Å². The van der Waals surface area contributed by atoms with E-state index in [0.29, 0.717) is 11.1 Å². The predicted molar refractivity (Wildman–Crippen MR) is 137 cm³/mol. The molecule has 1 aliphatic rings. The van der Waals surface area contributed by atoms with Crippen LogP contribution < -0.4 is 11.2 Å². The van der Waals surface area contributed by atoms with Gasteiger partial charge in [0.15, 0.2) is 11.2 Å². The number of fused-ring (bicyclic) bond motifs is 2. The second-order valence-corrected chi connectivity index (χ2v) is 10.4. The molecule has 0 bridgehead atoms. The normalized spacial score (nSPS) is 22.8. The number of β-amino-alcohol motifs (C(OH)–C–C–N with tert-alkyl or cyclic N) is 1. The van der Waals surface area contributed by atoms with Crippen LogP contribution in [-0.4, -0.2) is 74.1 Å². The van der Waals surface area contributed by atoms with Crippen LogP contribution in [0, 0.1) is 0 Å². The first kappa shape index (κ1) is 24.9. The fourth-order valence-corrected chi connectivity index (χ4v) is 5.32. The molecule has 3 atom stereocenters. The minimum absolute atomic E-state index is 0.00702. The van der Waals surface area contributed by atoms with Crippen molar-refractivity contribution in [3.8, 4) is 0 Å². The summed E-state index contributed by atoms with van der Waals surface area (Å²) < 4.78 is 5.78. The van der Waals surface area contributed by atoms with Crippen molar-refractivity contribution in [2.24, 2.45) is 14.1 Å². The second-order valence-electron chi connectivity index (χ2n) is 10.4. The highest BCUT2D eigenvalue weighted by Crippen LogP contribution is 2.34. The van der Waals surface area contributed by atoms with Crippen molar-refractivity contribution in [2.75, 3.05) is 13.1 Å². The SMILES string of the molecule is CC(C)n1cnc2cc(C(=O)N3C[C@H](O)C[C@](C)(O)[C@@H](n4cnc5c4c(=O)n(C)c(=O)n5C)C3)ccc21. The number of aliphatic hydroxyl groups is 2. The lowest BCUT2D eigenvalue weighted by Gasteiger charge is -2.34. The predicted octanol–water partition coefficient (Wildman–Crippen LogP) is 0.563. The maximum absolute atomic E-state index is 13.7. The molecule has 0 unspecified atom stereocenters. The van der Waals surface area contributed by atoms with E-state index in [1.54, 1.807) is 25.4 Å². The minimum Gasteiger partial charge on any atom is -0.391 e. The van der Waals surface area contributed by atoms with Gasteiger partial charge in [0.25, 0.3) is 11.5 Å². The molecule has 5 rings (SSSR count). The van der Waals surface area contributed by atoms with Crippen molar-refractivity contribution in [1.29, 1.82) is 0 Å². The lowest BCUT2D eigenvalue weighted by molar-refractivity contribution is -0.0216. The monoisotopic (exact) mass is 509 g/mol. The first-order chi connectivity index (χ1) is 17.4. The average Bonchev–Trinajstić information content (AvgIpc) is 3.44. The summed E-state index contributed by atoms with van der Waals surface area (Å²) in [5.74, 6) is -0.326. The van der Waals surface area contributed by atoms with E-state index in [0.717, 1.165) is 10.1 Å². The first-order valence-corrected chi connectivity index (χ1v) is 12.2. The third-order valence-corrected chi connectivity index (χ3v) is 7.37. The number of likely N-dealkylation sites (tertiary alicyclic amines) is 1. The average molecular weight is 510 g/mol. The van der Waals surface area contributed by atoms with Crippen LogP contribution in [0.25, 0.3) is 22.2 Å². The van der Waals surface area contributed by atoms with E-state index in [9.17, 15) is 24.6 Å². The fourth-order valence-electron chi connectivity index (χ4n) is 5.32. The molecule has 0 saturated carbocycles. The van der Waals surface area contributed by atoms with E-state index >= 15 is 0 Å². The standard InChI is InChI=1S/C25H31N7O5/c1-14(2)31-12-26-17-8-15(6-7-18(17)31)22(34)30-10-16(33)9-25(3,37)19(11-30)32-13-27-21-20(32)23(35)29(5)24(36)28(21)4/h6-8,12-14,16,19,33,37H,9-11H2,1-5H3/t16-,19+,25+/m1/s1. The molecular weight excluding hydrogens is 478 g/mol. The highest BCUT2D eigenvalue weighted by atomic mass is 16.3. The van der Waals surface area contributed by atoms with E-state index in [2.05, 4.69) is 23.8 Å². The number of amides is 1. The number of benzene rings is 1. The van der Waals surface area contributed by atoms with Gasteiger partial charge in [0, 0.05) is 45.2 Å². The molecule has 1 saturated heterocycles. The van der Waals surface area contributed by atoms with Crippen molar-refractivity contribution in [3.63, 3.8) is 0 Å². The largest absolute Gasteiger partial charge is 0.391 e. The molecule has 1 aliphatic heterocycles. The number of aliphatic hydroxyl groups excluding tert-OH is 1. The maximum atomic E-state index is 13.7. The van der Waals surface area contributed by atoms with Gasteiger partial charge in [-0.2, -0.15) is 0 Å². The lowest BCUT2D eigenvalue weighted by Crippen LogP contribution is -2.44. The third kappa shape index (κ3) is 3.96. The van der Waals surface area contributed by atoms with Crippen LogP contribution in [-0.2, 0) is 14.1 Å². The van der Waals surface area contributed by atoms with Crippen LogP contribution in [0.2, 0.25) is 0 Å². The van der Waals surface area contributed by atoms with E-state index in [1.807, 2.05) is 10.6 Å². The molecule has 4 heterocycles. The summed E-state index contributed by atoms with van der Waals surface area (Å²) in [6.45, 7) is 5.69. The molecule has 1 aromatic carbocycles. The Morgan fingerprint density at radius 3 is 2.54 bits per heavy atom. The Kier molecular flexibility index (Phi) is 5.83. The molecular formula is C25H31N7O5. The van der Waals surface area contributed by atoms with Crippen molar-refractivity contribution in [2.45, 2.75) is 51.0 Å². The van der Waals surface area contributed by atoms with Crippen LogP contribution in [0.3, 0.4) is 0 Å². The zero-order valence-corrected chi connectivity index (χ0v) is 21.5. The van der Waals surface area contributed by atoms with Crippen LogP contribution in [0.5, 0.6) is 0 Å². The number of imidazole rings is 2. The van der Waals surface area contributed by atoms with Gasteiger partial charge in [-0.3, -0.25) is 18.7 Å². The van der Waals surface area contributed by atoms with Crippen molar-refractivity contribution >= 4 is 28.1 Å². The Hall–Kier alpha value is -3.77. The van der Waals surface area contributed by atoms with Gasteiger partial charge in [-0.15, -0.1) is 0 Å². The van der Waals surface area contributed by atoms with Gasteiger partial charge in [0.1, 0.15) is 0 Å². The summed E-state index contributed by atoms with van der Waals surface area (Å²) in [6, 6.07) is 4.71. The Morgan fingerprint density at radius 2 is 1.84 bits per heavy atom. The zero-order chi connectivity index (χ0) is 26.8. The maximum Gasteiger partial charge on any atom is 0.332 e. The summed E-state index contributed by atoms with van der Waals surface area (Å²) in [6.07, 6.45) is 2.13. The summed E-state index contributed by atoms with van der Waals surface area (Å²) in [7, 11) is 2.89. The Labute approximate surface area is 212 Å². The molecule has 0 spiro atoms. The van der Waals surface area contributed by atoms with Gasteiger partial charge in [0.05, 0.1) is 41.4 Å². The number of rotatable bonds is 3. The van der Waals surface area contributed by atoms with Gasteiger partial charge in [-0.25, -0.2) is 14.8 Å². The topological polar surface area (TPSA) is 140 Å². The first-order valence-electron chi connectivity index (χ1n) is 12.2. The third-order valence-electron chi connectivity index (χ3n) is 7.37. The number of hydrogen-bond donors (Lipinski definition) is 2. The highest BCUT2D eigenvalue weighted by Gasteiger charge is 2.42. The number of nitrogens with zero attached hydrogens (tertiary/aromatic N) is 7. The molecule has 4 aromatic rings. The van der Waals surface area contributed by atoms with E-state index < -0.39 is 29.0 Å². The summed E-state index contributed by atoms with van der Waals surface area (Å²) in [5.41, 5.74) is -0.238. The van der Waals surface area contributed by atoms with E-state index in [1.165, 1.54) is 34.5 Å². The summed E-state index contributed by atoms with van der Waals surface area (Å²) in [4.78, 5) is 49.3. The van der Waals surface area contributed by atoms with Gasteiger partial charge in [0.2, 0.25) is 0 Å². The van der Waals surface area contributed by atoms with Gasteiger partial charge >= 0.3 is 5.69 Å². The van der Waals surface area contributed by atoms with Crippen molar-refractivity contribution in [1.82, 2.24) is 33.1 Å². The molecule has 0 aliphatic carbocycles. The fraction of sp³-hybridized carbons (Fsp3) is 0.480. The summed E-state index contributed by atoms with van der Waals surface area (Å²) in [5, 5.41) is 22.2. The molecule has 37 heavy (non-hydrogen) atoms. The van der Waals surface area contributed by atoms with Crippen molar-refractivity contribution in [3.05, 3.63) is 57.3 Å². The molecule has 12 nitrogen and oxygen atoms in total. The van der Waals surface area contributed by atoms with Crippen molar-refractivity contribution < 1.29 is 15.0 Å². The molecule has 1 amide bonds. The van der Waals surface area contributed by atoms with Gasteiger partial charge < -0.3 is 24.2 Å². The Morgan fingerprint density at radius 1 is 1.11 bits per heavy atom. The second kappa shape index (κ2) is 8.67. The lowest BCUT2D eigenvalue weighted by atomic mass is 9.91. The smallest absolute Gasteiger partial charge is 0.332 e. The minimum atomic E-state index is -1.48. The van der Waals surface area contributed by atoms with Crippen LogP contribution in [0.4, 0.5) is 0 Å². The quantitative estimate of drug-likeness (QED) is 0.411. The van der Waals surface area contributed by atoms with Gasteiger partial charge in [-0.05, 0) is 39.0 Å². The zero-order valence-electron chi connectivity index (χ0n) is 21.5. The number of hydrogen-bond acceptors (Lipinski definition) is 7. The van der Waals surface area contributed by atoms with Crippen LogP contribution >= 0.6 is 0 Å². The van der Waals surface area contributed by atoms with Gasteiger partial charge in [-0.1, -0.05) is 0 Å². The Balaban J connectivity index is 1.58. The number of carbonyl (C=O) groups is 1. The number of carbonyl (C=O) groups excluding carboxylic acids is 1. The molecule has 12 heteroatoms. The molecule has 196 valence electrons. The van der Waals surface area contributed by atoms with E-state index in [4.69, 9.17) is 0 Å². The Bertz CT molecular complexity index is 1640. The van der Waals surface area contributed by atoms with Crippen LogP contribution in [0.1, 0.15) is 49.6 Å². The summed E-state index contributed by atoms with van der Waals surface area (Å²) >= 11 is 0. The molecule has 0 radical (unpaired) electrons. The molecule has 3 aromatic heterocycles.